The molecule has 0 bridgehead atoms. The molecule has 1 nitrogen and oxygen atoms in total. The van der Waals surface area contributed by atoms with Gasteiger partial charge in [0.2, 0.25) is 0 Å². The molecule has 0 spiro atoms. The van der Waals surface area contributed by atoms with Gasteiger partial charge < -0.3 is 5.32 Å². The van der Waals surface area contributed by atoms with Crippen LogP contribution in [0.3, 0.4) is 0 Å². The lowest BCUT2D eigenvalue weighted by atomic mass is 10.1. The third-order valence-electron chi connectivity index (χ3n) is 3.36. The highest BCUT2D eigenvalue weighted by atomic mass is 32.1. The highest BCUT2D eigenvalue weighted by Gasteiger charge is 2.31. The highest BCUT2D eigenvalue weighted by Crippen LogP contribution is 2.36. The summed E-state index contributed by atoms with van der Waals surface area (Å²) in [5.74, 6) is -0.633. The summed E-state index contributed by atoms with van der Waals surface area (Å²) in [5.41, 5.74) is -0.822. The number of benzene rings is 1. The molecule has 1 saturated carbocycles. The highest BCUT2D eigenvalue weighted by molar-refractivity contribution is 7.15. The zero-order chi connectivity index (χ0) is 15.0. The first-order valence-corrected chi connectivity index (χ1v) is 7.44. The third kappa shape index (κ3) is 3.44. The molecule has 0 unspecified atom stereocenters. The average molecular weight is 315 g/mol. The van der Waals surface area contributed by atoms with Gasteiger partial charge in [-0.3, -0.25) is 0 Å². The maximum absolute atomic E-state index is 13.8. The predicted octanol–water partition coefficient (Wildman–Crippen LogP) is 4.83. The van der Waals surface area contributed by atoms with Gasteiger partial charge in [0.15, 0.2) is 0 Å². The normalized spacial score (nSPS) is 15.4. The first kappa shape index (κ1) is 14.5. The summed E-state index contributed by atoms with van der Waals surface area (Å²) in [6.45, 7) is 0.677. The molecule has 0 radical (unpaired) electrons. The van der Waals surface area contributed by atoms with Gasteiger partial charge >= 0.3 is 6.18 Å². The van der Waals surface area contributed by atoms with Crippen molar-refractivity contribution in [3.63, 3.8) is 0 Å². The number of rotatable bonds is 4. The van der Waals surface area contributed by atoms with Crippen molar-refractivity contribution in [3.05, 3.63) is 46.6 Å². The fourth-order valence-corrected chi connectivity index (χ4v) is 3.02. The molecule has 0 atom stereocenters. The molecule has 21 heavy (non-hydrogen) atoms. The second-order valence-electron chi connectivity index (χ2n) is 5.11. The Morgan fingerprint density at radius 2 is 1.90 bits per heavy atom. The summed E-state index contributed by atoms with van der Waals surface area (Å²) in [5, 5.41) is 3.32. The molecule has 2 aromatic rings. The first-order valence-electron chi connectivity index (χ1n) is 6.63. The molecule has 1 fully saturated rings. The fraction of sp³-hybridized carbons (Fsp3) is 0.333. The zero-order valence-corrected chi connectivity index (χ0v) is 11.8. The molecular formula is C15H13F4NS. The van der Waals surface area contributed by atoms with Crippen LogP contribution in [0.4, 0.5) is 17.6 Å². The van der Waals surface area contributed by atoms with Gasteiger partial charge in [-0.25, -0.2) is 4.39 Å². The number of hydrogen-bond donors (Lipinski definition) is 1. The number of thiophene rings is 1. The van der Waals surface area contributed by atoms with E-state index in [4.69, 9.17) is 0 Å². The summed E-state index contributed by atoms with van der Waals surface area (Å²) in [7, 11) is 0. The molecule has 0 aliphatic heterocycles. The molecule has 0 saturated heterocycles. The van der Waals surface area contributed by atoms with Crippen LogP contribution in [0.25, 0.3) is 10.4 Å². The van der Waals surface area contributed by atoms with Gasteiger partial charge in [0.1, 0.15) is 5.82 Å². The number of alkyl halides is 3. The lowest BCUT2D eigenvalue weighted by Gasteiger charge is -2.08. The van der Waals surface area contributed by atoms with Gasteiger partial charge in [0.25, 0.3) is 0 Å². The monoisotopic (exact) mass is 315 g/mol. The van der Waals surface area contributed by atoms with E-state index < -0.39 is 17.6 Å². The van der Waals surface area contributed by atoms with E-state index in [0.717, 1.165) is 23.1 Å². The van der Waals surface area contributed by atoms with E-state index in [2.05, 4.69) is 5.32 Å². The Kier molecular flexibility index (Phi) is 3.75. The van der Waals surface area contributed by atoms with E-state index in [0.29, 0.717) is 17.5 Å². The average Bonchev–Trinajstić information content (AvgIpc) is 3.13. The van der Waals surface area contributed by atoms with E-state index in [1.807, 2.05) is 6.07 Å². The van der Waals surface area contributed by atoms with E-state index in [-0.39, 0.29) is 5.56 Å². The molecule has 0 amide bonds. The first-order chi connectivity index (χ1) is 9.93. The molecule has 1 aliphatic carbocycles. The molecule has 3 rings (SSSR count). The topological polar surface area (TPSA) is 12.0 Å². The van der Waals surface area contributed by atoms with Crippen LogP contribution in [-0.2, 0) is 12.7 Å². The Morgan fingerprint density at radius 3 is 2.57 bits per heavy atom. The minimum atomic E-state index is -4.46. The quantitative estimate of drug-likeness (QED) is 0.797. The van der Waals surface area contributed by atoms with Crippen LogP contribution in [-0.4, -0.2) is 6.04 Å². The van der Waals surface area contributed by atoms with Gasteiger partial charge in [-0.2, -0.15) is 13.2 Å². The zero-order valence-electron chi connectivity index (χ0n) is 11.0. The van der Waals surface area contributed by atoms with Gasteiger partial charge in [0, 0.05) is 27.9 Å². The van der Waals surface area contributed by atoms with E-state index in [9.17, 15) is 17.6 Å². The number of nitrogens with one attached hydrogen (secondary N) is 1. The Hall–Kier alpha value is -1.40. The number of halogens is 4. The van der Waals surface area contributed by atoms with Crippen molar-refractivity contribution >= 4 is 11.3 Å². The summed E-state index contributed by atoms with van der Waals surface area (Å²) in [4.78, 5) is 1.51. The lowest BCUT2D eigenvalue weighted by molar-refractivity contribution is -0.137. The molecular weight excluding hydrogens is 302 g/mol. The van der Waals surface area contributed by atoms with Crippen molar-refractivity contribution in [2.75, 3.05) is 0 Å². The summed E-state index contributed by atoms with van der Waals surface area (Å²) < 4.78 is 51.9. The molecule has 1 aliphatic rings. The summed E-state index contributed by atoms with van der Waals surface area (Å²) >= 11 is 1.32. The van der Waals surface area contributed by atoms with Crippen molar-refractivity contribution in [2.45, 2.75) is 31.6 Å². The van der Waals surface area contributed by atoms with Gasteiger partial charge in [-0.15, -0.1) is 11.3 Å². The largest absolute Gasteiger partial charge is 0.416 e. The van der Waals surface area contributed by atoms with Crippen LogP contribution < -0.4 is 5.32 Å². The smallest absolute Gasteiger partial charge is 0.309 e. The maximum atomic E-state index is 13.8. The molecule has 6 heteroatoms. The number of hydrogen-bond acceptors (Lipinski definition) is 2. The van der Waals surface area contributed by atoms with Crippen molar-refractivity contribution in [1.29, 1.82) is 0 Å². The Morgan fingerprint density at radius 1 is 1.14 bits per heavy atom. The second-order valence-corrected chi connectivity index (χ2v) is 6.28. The van der Waals surface area contributed by atoms with Crippen LogP contribution >= 0.6 is 11.3 Å². The molecule has 1 aromatic heterocycles. The van der Waals surface area contributed by atoms with E-state index >= 15 is 0 Å². The van der Waals surface area contributed by atoms with Gasteiger partial charge in [-0.05, 0) is 43.2 Å². The Balaban J connectivity index is 1.84. The molecule has 1 N–H and O–H groups in total. The van der Waals surface area contributed by atoms with Crippen LogP contribution in [0.5, 0.6) is 0 Å². The van der Waals surface area contributed by atoms with Gasteiger partial charge in [-0.1, -0.05) is 0 Å². The summed E-state index contributed by atoms with van der Waals surface area (Å²) in [6.07, 6.45) is -2.13. The Bertz CT molecular complexity index is 643. The lowest BCUT2D eigenvalue weighted by Crippen LogP contribution is -2.14. The molecule has 112 valence electrons. The van der Waals surface area contributed by atoms with Crippen molar-refractivity contribution < 1.29 is 17.6 Å². The maximum Gasteiger partial charge on any atom is 0.416 e. The summed E-state index contributed by atoms with van der Waals surface area (Å²) in [6, 6.07) is 6.57. The van der Waals surface area contributed by atoms with Crippen molar-refractivity contribution in [3.8, 4) is 10.4 Å². The SMILES string of the molecule is Fc1ccc(C(F)(F)F)cc1-c1ccc(CNC2CC2)s1. The van der Waals surface area contributed by atoms with E-state index in [1.165, 1.54) is 24.2 Å². The standard InChI is InChI=1S/C15H13F4NS/c16-13-5-1-9(15(17,18)19)7-12(13)14-6-4-11(21-14)8-20-10-2-3-10/h1,4-7,10,20H,2-3,8H2. The molecule has 1 heterocycles. The van der Waals surface area contributed by atoms with Crippen LogP contribution in [0.15, 0.2) is 30.3 Å². The van der Waals surface area contributed by atoms with Crippen molar-refractivity contribution in [1.82, 2.24) is 5.32 Å². The fourth-order valence-electron chi connectivity index (χ4n) is 2.04. The second kappa shape index (κ2) is 5.42. The van der Waals surface area contributed by atoms with Crippen LogP contribution in [0.1, 0.15) is 23.3 Å². The van der Waals surface area contributed by atoms with Gasteiger partial charge in [0.05, 0.1) is 5.56 Å². The Labute approximate surface area is 123 Å². The van der Waals surface area contributed by atoms with Crippen molar-refractivity contribution in [2.24, 2.45) is 0 Å². The molecule has 1 aromatic carbocycles. The van der Waals surface area contributed by atoms with Crippen LogP contribution in [0, 0.1) is 5.82 Å². The van der Waals surface area contributed by atoms with Crippen LogP contribution in [0.2, 0.25) is 0 Å². The minimum absolute atomic E-state index is 0.00694. The third-order valence-corrected chi connectivity index (χ3v) is 4.48. The van der Waals surface area contributed by atoms with E-state index in [1.54, 1.807) is 6.07 Å². The predicted molar refractivity (Wildman–Crippen MR) is 74.6 cm³/mol. The minimum Gasteiger partial charge on any atom is -0.309 e.